The fourth-order valence-corrected chi connectivity index (χ4v) is 1.57. The van der Waals surface area contributed by atoms with Gasteiger partial charge in [0.2, 0.25) is 0 Å². The first-order chi connectivity index (χ1) is 6.73. The molecule has 0 aliphatic rings. The van der Waals surface area contributed by atoms with Crippen molar-refractivity contribution in [3.05, 3.63) is 26.0 Å². The molecule has 0 aromatic carbocycles. The second-order valence-corrected chi connectivity index (χ2v) is 3.90. The average Bonchev–Trinajstić information content (AvgIpc) is 2.06. The molecule has 0 N–H and O–H groups in total. The Bertz CT molecular complexity index is 378. The zero-order valence-corrected chi connectivity index (χ0v) is 9.66. The molecule has 0 atom stereocenters. The zero-order chi connectivity index (χ0) is 11.8. The quantitative estimate of drug-likeness (QED) is 0.415. The van der Waals surface area contributed by atoms with Gasteiger partial charge in [0.15, 0.2) is 0 Å². The largest absolute Gasteiger partial charge is 0.433 e. The van der Waals surface area contributed by atoms with Crippen LogP contribution >= 0.6 is 34.2 Å². The normalized spacial score (nSPS) is 12.3. The zero-order valence-electron chi connectivity index (χ0n) is 6.75. The number of halogens is 7. The lowest BCUT2D eigenvalue weighted by Gasteiger charge is -2.10. The molecule has 0 aliphatic heterocycles. The Labute approximate surface area is 99.8 Å². The summed E-state index contributed by atoms with van der Waals surface area (Å²) >= 11 is 6.77. The third-order valence-electron chi connectivity index (χ3n) is 1.47. The standard InChI is InChI=1S/C7H2ClF5IN/c8-4-2(5(9)10)1-3(7(11,12)13)15-6(4)14/h1,5H. The molecule has 0 amide bonds. The van der Waals surface area contributed by atoms with Gasteiger partial charge in [-0.15, -0.1) is 0 Å². The molecule has 0 saturated heterocycles. The summed E-state index contributed by atoms with van der Waals surface area (Å²) in [5.41, 5.74) is -2.23. The van der Waals surface area contributed by atoms with Crippen LogP contribution in [0.5, 0.6) is 0 Å². The van der Waals surface area contributed by atoms with Crippen molar-refractivity contribution in [2.75, 3.05) is 0 Å². The number of nitrogens with zero attached hydrogens (tertiary/aromatic N) is 1. The Morgan fingerprint density at radius 2 is 1.87 bits per heavy atom. The Balaban J connectivity index is 3.36. The molecule has 1 heterocycles. The smallest absolute Gasteiger partial charge is 0.236 e. The molecule has 0 aliphatic carbocycles. The number of hydrogen-bond donors (Lipinski definition) is 0. The predicted octanol–water partition coefficient (Wildman–Crippen LogP) is 4.30. The second-order valence-electron chi connectivity index (χ2n) is 2.50. The van der Waals surface area contributed by atoms with Gasteiger partial charge >= 0.3 is 6.18 Å². The van der Waals surface area contributed by atoms with E-state index < -0.39 is 28.9 Å². The number of hydrogen-bond acceptors (Lipinski definition) is 1. The SMILES string of the molecule is FC(F)c1cc(C(F)(F)F)nc(I)c1Cl. The van der Waals surface area contributed by atoms with E-state index in [-0.39, 0.29) is 9.77 Å². The van der Waals surface area contributed by atoms with Crippen LogP contribution in [0, 0.1) is 3.70 Å². The summed E-state index contributed by atoms with van der Waals surface area (Å²) in [6.07, 6.45) is -7.82. The van der Waals surface area contributed by atoms with Crippen LogP contribution in [0.15, 0.2) is 6.07 Å². The molecule has 15 heavy (non-hydrogen) atoms. The van der Waals surface area contributed by atoms with Gasteiger partial charge in [-0.05, 0) is 28.7 Å². The van der Waals surface area contributed by atoms with Crippen LogP contribution in [0.4, 0.5) is 22.0 Å². The van der Waals surface area contributed by atoms with E-state index in [9.17, 15) is 22.0 Å². The highest BCUT2D eigenvalue weighted by Crippen LogP contribution is 2.35. The Kier molecular flexibility index (Phi) is 3.75. The maximum atomic E-state index is 12.3. The number of aromatic nitrogens is 1. The monoisotopic (exact) mass is 357 g/mol. The molecule has 0 saturated carbocycles. The minimum atomic E-state index is -4.76. The highest BCUT2D eigenvalue weighted by atomic mass is 127. The van der Waals surface area contributed by atoms with Gasteiger partial charge in [0.1, 0.15) is 9.39 Å². The van der Waals surface area contributed by atoms with E-state index in [0.717, 1.165) is 0 Å². The van der Waals surface area contributed by atoms with Crippen molar-refractivity contribution in [1.29, 1.82) is 0 Å². The molecule has 0 bridgehead atoms. The Morgan fingerprint density at radius 3 is 2.27 bits per heavy atom. The fourth-order valence-electron chi connectivity index (χ4n) is 0.821. The van der Waals surface area contributed by atoms with Gasteiger partial charge in [-0.2, -0.15) is 13.2 Å². The number of rotatable bonds is 1. The minimum Gasteiger partial charge on any atom is -0.236 e. The Hall–Kier alpha value is -0.180. The molecule has 8 heteroatoms. The molecule has 84 valence electrons. The maximum Gasteiger partial charge on any atom is 0.433 e. The Morgan fingerprint density at radius 1 is 1.33 bits per heavy atom. The van der Waals surface area contributed by atoms with Crippen LogP contribution in [-0.2, 0) is 6.18 Å². The van der Waals surface area contributed by atoms with E-state index in [0.29, 0.717) is 0 Å². The van der Waals surface area contributed by atoms with Crippen LogP contribution in [-0.4, -0.2) is 4.98 Å². The summed E-state index contributed by atoms with van der Waals surface area (Å²) in [7, 11) is 0. The van der Waals surface area contributed by atoms with E-state index in [1.807, 2.05) is 0 Å². The summed E-state index contributed by atoms with van der Waals surface area (Å²) in [5, 5.41) is -0.446. The van der Waals surface area contributed by atoms with Crippen LogP contribution in [0.1, 0.15) is 17.7 Å². The van der Waals surface area contributed by atoms with Crippen molar-refractivity contribution in [1.82, 2.24) is 4.98 Å². The van der Waals surface area contributed by atoms with Gasteiger partial charge in [-0.3, -0.25) is 0 Å². The van der Waals surface area contributed by atoms with Crippen molar-refractivity contribution in [2.45, 2.75) is 12.6 Å². The molecule has 1 aromatic rings. The third-order valence-corrected chi connectivity index (χ3v) is 2.97. The minimum absolute atomic E-state index is 0.259. The van der Waals surface area contributed by atoms with Crippen molar-refractivity contribution >= 4 is 34.2 Å². The van der Waals surface area contributed by atoms with Crippen LogP contribution in [0.25, 0.3) is 0 Å². The lowest BCUT2D eigenvalue weighted by atomic mass is 10.2. The summed E-state index contributed by atoms with van der Waals surface area (Å²) in [4.78, 5) is 3.08. The van der Waals surface area contributed by atoms with Gasteiger partial charge in [0.25, 0.3) is 6.43 Å². The summed E-state index contributed by atoms with van der Waals surface area (Å²) in [6, 6.07) is 0.259. The molecule has 0 fully saturated rings. The highest BCUT2D eigenvalue weighted by molar-refractivity contribution is 14.1. The first-order valence-corrected chi connectivity index (χ1v) is 4.90. The molecule has 0 unspecified atom stereocenters. The van der Waals surface area contributed by atoms with Gasteiger partial charge in [-0.1, -0.05) is 11.6 Å². The fraction of sp³-hybridized carbons (Fsp3) is 0.286. The predicted molar refractivity (Wildman–Crippen MR) is 51.9 cm³/mol. The number of alkyl halides is 5. The van der Waals surface area contributed by atoms with Crippen molar-refractivity contribution in [3.8, 4) is 0 Å². The van der Waals surface area contributed by atoms with E-state index in [1.165, 1.54) is 22.6 Å². The highest BCUT2D eigenvalue weighted by Gasteiger charge is 2.34. The van der Waals surface area contributed by atoms with Crippen LogP contribution in [0.2, 0.25) is 5.02 Å². The van der Waals surface area contributed by atoms with Crippen molar-refractivity contribution < 1.29 is 22.0 Å². The summed E-state index contributed by atoms with van der Waals surface area (Å²) < 4.78 is 60.9. The average molecular weight is 357 g/mol. The third kappa shape index (κ3) is 2.90. The van der Waals surface area contributed by atoms with Crippen molar-refractivity contribution in [2.24, 2.45) is 0 Å². The van der Waals surface area contributed by atoms with Crippen LogP contribution in [0.3, 0.4) is 0 Å². The van der Waals surface area contributed by atoms with Gasteiger partial charge in [0.05, 0.1) is 5.02 Å². The van der Waals surface area contributed by atoms with Gasteiger partial charge in [-0.25, -0.2) is 13.8 Å². The topological polar surface area (TPSA) is 12.9 Å². The van der Waals surface area contributed by atoms with E-state index >= 15 is 0 Å². The molecule has 1 rings (SSSR count). The molecular weight excluding hydrogens is 355 g/mol. The molecular formula is C7H2ClF5IN. The van der Waals surface area contributed by atoms with E-state index in [1.54, 1.807) is 0 Å². The second kappa shape index (κ2) is 4.36. The summed E-state index contributed by atoms with van der Waals surface area (Å²) in [5.74, 6) is 0. The van der Waals surface area contributed by atoms with Gasteiger partial charge < -0.3 is 0 Å². The molecule has 1 aromatic heterocycles. The van der Waals surface area contributed by atoms with Gasteiger partial charge in [0, 0.05) is 5.56 Å². The molecule has 1 nitrogen and oxygen atoms in total. The van der Waals surface area contributed by atoms with Crippen LogP contribution < -0.4 is 0 Å². The lowest BCUT2D eigenvalue weighted by molar-refractivity contribution is -0.141. The number of pyridine rings is 1. The molecule has 0 spiro atoms. The summed E-state index contributed by atoms with van der Waals surface area (Å²) in [6.45, 7) is 0. The first kappa shape index (κ1) is 12.9. The van der Waals surface area contributed by atoms with E-state index in [4.69, 9.17) is 11.6 Å². The maximum absolute atomic E-state index is 12.3. The van der Waals surface area contributed by atoms with E-state index in [2.05, 4.69) is 4.98 Å². The molecule has 0 radical (unpaired) electrons. The first-order valence-electron chi connectivity index (χ1n) is 3.44. The lowest BCUT2D eigenvalue weighted by Crippen LogP contribution is -2.10. The van der Waals surface area contributed by atoms with Crippen molar-refractivity contribution in [3.63, 3.8) is 0 Å².